The number of nitrogens with one attached hydrogen (secondary N) is 1. The molecule has 0 bridgehead atoms. The maximum absolute atomic E-state index is 11.8. The fourth-order valence-corrected chi connectivity index (χ4v) is 2.78. The van der Waals surface area contributed by atoms with Crippen molar-refractivity contribution in [3.63, 3.8) is 0 Å². The lowest BCUT2D eigenvalue weighted by molar-refractivity contribution is -0.121. The molecule has 0 aliphatic carbocycles. The number of sulfonamides is 1. The fourth-order valence-electron chi connectivity index (χ4n) is 2.05. The Morgan fingerprint density at radius 1 is 1.27 bits per heavy atom. The molecule has 1 heterocycles. The standard InChI is InChI=1S/C13H22N4O4S/c1-9-13(11(3)18)10(2)17(15-9)8-12(19)14-6-7-22(20,21)16(4)5/h6-8H2,1-5H3,(H,14,19). The number of hydrogen-bond donors (Lipinski definition) is 1. The van der Waals surface area contributed by atoms with Gasteiger partial charge in [0.1, 0.15) is 6.54 Å². The van der Waals surface area contributed by atoms with E-state index in [0.717, 1.165) is 4.31 Å². The Balaban J connectivity index is 2.64. The third-order valence-corrected chi connectivity index (χ3v) is 5.10. The van der Waals surface area contributed by atoms with E-state index in [9.17, 15) is 18.0 Å². The summed E-state index contributed by atoms with van der Waals surface area (Å²) < 4.78 is 25.7. The van der Waals surface area contributed by atoms with Gasteiger partial charge in [0.05, 0.1) is 17.0 Å². The molecule has 22 heavy (non-hydrogen) atoms. The zero-order chi connectivity index (χ0) is 17.1. The van der Waals surface area contributed by atoms with Gasteiger partial charge in [-0.15, -0.1) is 0 Å². The van der Waals surface area contributed by atoms with Crippen LogP contribution in [0, 0.1) is 13.8 Å². The maximum atomic E-state index is 11.8. The van der Waals surface area contributed by atoms with Gasteiger partial charge in [-0.25, -0.2) is 12.7 Å². The lowest BCUT2D eigenvalue weighted by atomic mass is 10.1. The zero-order valence-electron chi connectivity index (χ0n) is 13.5. The molecule has 0 radical (unpaired) electrons. The smallest absolute Gasteiger partial charge is 0.241 e. The summed E-state index contributed by atoms with van der Waals surface area (Å²) >= 11 is 0. The topological polar surface area (TPSA) is 101 Å². The Morgan fingerprint density at radius 2 is 1.86 bits per heavy atom. The van der Waals surface area contributed by atoms with E-state index in [1.165, 1.54) is 25.7 Å². The molecule has 0 saturated heterocycles. The predicted molar refractivity (Wildman–Crippen MR) is 82.2 cm³/mol. The summed E-state index contributed by atoms with van der Waals surface area (Å²) in [6.07, 6.45) is 0. The summed E-state index contributed by atoms with van der Waals surface area (Å²) in [5, 5.41) is 6.70. The number of hydrogen-bond acceptors (Lipinski definition) is 5. The van der Waals surface area contributed by atoms with Crippen LogP contribution in [-0.4, -0.2) is 60.6 Å². The van der Waals surface area contributed by atoms with Gasteiger partial charge in [0, 0.05) is 26.3 Å². The second-order valence-corrected chi connectivity index (χ2v) is 7.51. The molecule has 1 aromatic heterocycles. The first-order valence-corrected chi connectivity index (χ1v) is 8.39. The van der Waals surface area contributed by atoms with Gasteiger partial charge in [-0.2, -0.15) is 5.10 Å². The van der Waals surface area contributed by atoms with Crippen molar-refractivity contribution in [1.29, 1.82) is 0 Å². The Bertz CT molecular complexity index is 676. The highest BCUT2D eigenvalue weighted by atomic mass is 32.2. The zero-order valence-corrected chi connectivity index (χ0v) is 14.3. The Hall–Kier alpha value is -1.74. The van der Waals surface area contributed by atoms with Crippen LogP contribution in [0.25, 0.3) is 0 Å². The normalized spacial score (nSPS) is 11.7. The number of carbonyl (C=O) groups is 2. The Labute approximate surface area is 130 Å². The molecule has 0 aliphatic rings. The van der Waals surface area contributed by atoms with Crippen LogP contribution in [0.2, 0.25) is 0 Å². The molecule has 0 unspecified atom stereocenters. The van der Waals surface area contributed by atoms with E-state index in [0.29, 0.717) is 17.0 Å². The van der Waals surface area contributed by atoms with E-state index in [2.05, 4.69) is 10.4 Å². The highest BCUT2D eigenvalue weighted by Gasteiger charge is 2.17. The van der Waals surface area contributed by atoms with E-state index < -0.39 is 10.0 Å². The summed E-state index contributed by atoms with van der Waals surface area (Å²) in [5.74, 6) is -0.616. The van der Waals surface area contributed by atoms with Gasteiger partial charge in [-0.1, -0.05) is 0 Å². The van der Waals surface area contributed by atoms with Gasteiger partial charge in [0.25, 0.3) is 0 Å². The summed E-state index contributed by atoms with van der Waals surface area (Å²) in [6.45, 7) is 4.86. The van der Waals surface area contributed by atoms with Crippen LogP contribution < -0.4 is 5.32 Å². The molecule has 1 aromatic rings. The lowest BCUT2D eigenvalue weighted by Crippen LogP contribution is -2.35. The predicted octanol–water partition coefficient (Wildman–Crippen LogP) is -0.290. The number of carbonyl (C=O) groups excluding carboxylic acids is 2. The van der Waals surface area contributed by atoms with Gasteiger partial charge in [0.15, 0.2) is 5.78 Å². The highest BCUT2D eigenvalue weighted by molar-refractivity contribution is 7.89. The van der Waals surface area contributed by atoms with Gasteiger partial charge >= 0.3 is 0 Å². The lowest BCUT2D eigenvalue weighted by Gasteiger charge is -2.11. The van der Waals surface area contributed by atoms with Crippen LogP contribution >= 0.6 is 0 Å². The van der Waals surface area contributed by atoms with E-state index in [1.54, 1.807) is 13.8 Å². The van der Waals surface area contributed by atoms with Crippen molar-refractivity contribution in [2.45, 2.75) is 27.3 Å². The molecule has 0 aromatic carbocycles. The Kier molecular flexibility index (Phi) is 5.84. The fraction of sp³-hybridized carbons (Fsp3) is 0.615. The molecule has 0 atom stereocenters. The van der Waals surface area contributed by atoms with Crippen molar-refractivity contribution in [2.75, 3.05) is 26.4 Å². The summed E-state index contributed by atoms with van der Waals surface area (Å²) in [6, 6.07) is 0. The average Bonchev–Trinajstić information content (AvgIpc) is 2.63. The molecular weight excluding hydrogens is 308 g/mol. The van der Waals surface area contributed by atoms with Crippen molar-refractivity contribution in [3.8, 4) is 0 Å². The van der Waals surface area contributed by atoms with Crippen molar-refractivity contribution >= 4 is 21.7 Å². The van der Waals surface area contributed by atoms with Crippen LogP contribution in [0.1, 0.15) is 28.7 Å². The first-order chi connectivity index (χ1) is 10.1. The van der Waals surface area contributed by atoms with Crippen molar-refractivity contribution in [2.24, 2.45) is 0 Å². The van der Waals surface area contributed by atoms with Crippen LogP contribution in [0.5, 0.6) is 0 Å². The molecule has 1 rings (SSSR count). The Morgan fingerprint density at radius 3 is 2.32 bits per heavy atom. The number of aromatic nitrogens is 2. The monoisotopic (exact) mass is 330 g/mol. The molecule has 0 spiro atoms. The van der Waals surface area contributed by atoms with Gasteiger partial charge in [-0.3, -0.25) is 14.3 Å². The first kappa shape index (κ1) is 18.3. The molecular formula is C13H22N4O4S. The van der Waals surface area contributed by atoms with E-state index >= 15 is 0 Å². The SMILES string of the molecule is CC(=O)c1c(C)nn(CC(=O)NCCS(=O)(=O)N(C)C)c1C. The second kappa shape index (κ2) is 7.01. The number of ketones is 1. The van der Waals surface area contributed by atoms with Crippen molar-refractivity contribution in [3.05, 3.63) is 17.0 Å². The van der Waals surface area contributed by atoms with E-state index in [-0.39, 0.29) is 30.5 Å². The molecule has 0 fully saturated rings. The molecule has 0 saturated carbocycles. The van der Waals surface area contributed by atoms with E-state index in [1.807, 2.05) is 0 Å². The van der Waals surface area contributed by atoms with Crippen LogP contribution in [0.3, 0.4) is 0 Å². The molecule has 124 valence electrons. The average molecular weight is 330 g/mol. The van der Waals surface area contributed by atoms with E-state index in [4.69, 9.17) is 0 Å². The number of aryl methyl sites for hydroxylation is 1. The molecule has 8 nitrogen and oxygen atoms in total. The largest absolute Gasteiger partial charge is 0.353 e. The highest BCUT2D eigenvalue weighted by Crippen LogP contribution is 2.13. The summed E-state index contributed by atoms with van der Waals surface area (Å²) in [5.41, 5.74) is 1.72. The maximum Gasteiger partial charge on any atom is 0.241 e. The van der Waals surface area contributed by atoms with Crippen molar-refractivity contribution in [1.82, 2.24) is 19.4 Å². The van der Waals surface area contributed by atoms with Crippen LogP contribution in [0.4, 0.5) is 0 Å². The van der Waals surface area contributed by atoms with Crippen molar-refractivity contribution < 1.29 is 18.0 Å². The first-order valence-electron chi connectivity index (χ1n) is 6.78. The molecule has 1 N–H and O–H groups in total. The quantitative estimate of drug-likeness (QED) is 0.692. The summed E-state index contributed by atoms with van der Waals surface area (Å²) in [7, 11) is -0.456. The minimum atomic E-state index is -3.34. The minimum Gasteiger partial charge on any atom is -0.353 e. The second-order valence-electron chi connectivity index (χ2n) is 5.21. The van der Waals surface area contributed by atoms with Gasteiger partial charge in [0.2, 0.25) is 15.9 Å². The number of rotatable bonds is 7. The molecule has 9 heteroatoms. The number of Topliss-reactive ketones (excluding diaryl/α,β-unsaturated/α-hetero) is 1. The number of amides is 1. The molecule has 1 amide bonds. The minimum absolute atomic E-state index is 0.0260. The van der Waals surface area contributed by atoms with Crippen LogP contribution in [-0.2, 0) is 21.4 Å². The van der Waals surface area contributed by atoms with Gasteiger partial charge in [-0.05, 0) is 20.8 Å². The number of nitrogens with zero attached hydrogens (tertiary/aromatic N) is 3. The third-order valence-electron chi connectivity index (χ3n) is 3.27. The molecule has 0 aliphatic heterocycles. The van der Waals surface area contributed by atoms with Crippen LogP contribution in [0.15, 0.2) is 0 Å². The third kappa shape index (κ3) is 4.38. The summed E-state index contributed by atoms with van der Waals surface area (Å²) in [4.78, 5) is 23.4. The van der Waals surface area contributed by atoms with Gasteiger partial charge < -0.3 is 5.32 Å².